The Bertz CT molecular complexity index is 857. The summed E-state index contributed by atoms with van der Waals surface area (Å²) >= 11 is 0. The number of nitrogens with zero attached hydrogens (tertiary/aromatic N) is 2. The minimum atomic E-state index is -3.53. The fourth-order valence-corrected chi connectivity index (χ4v) is 6.17. The van der Waals surface area contributed by atoms with Crippen LogP contribution in [0.1, 0.15) is 43.5 Å². The molecule has 0 saturated carbocycles. The number of hydrogen-bond acceptors (Lipinski definition) is 4. The van der Waals surface area contributed by atoms with Crippen LogP contribution >= 0.6 is 0 Å². The largest absolute Gasteiger partial charge is 0.369 e. The molecular weight excluding hydrogens is 400 g/mol. The highest BCUT2D eigenvalue weighted by Gasteiger charge is 2.32. The average molecular weight is 433 g/mol. The molecule has 0 aliphatic carbocycles. The normalized spacial score (nSPS) is 23.8. The Labute approximate surface area is 180 Å². The quantitative estimate of drug-likeness (QED) is 0.512. The zero-order valence-corrected chi connectivity index (χ0v) is 18.7. The van der Waals surface area contributed by atoms with Gasteiger partial charge in [-0.1, -0.05) is 19.8 Å². The molecule has 0 radical (unpaired) electrons. The van der Waals surface area contributed by atoms with Gasteiger partial charge in [0.25, 0.3) is 5.91 Å². The van der Waals surface area contributed by atoms with Crippen molar-refractivity contribution < 1.29 is 17.9 Å². The van der Waals surface area contributed by atoms with E-state index in [1.54, 1.807) is 28.6 Å². The van der Waals surface area contributed by atoms with Crippen LogP contribution in [0.4, 0.5) is 0 Å². The van der Waals surface area contributed by atoms with Crippen LogP contribution in [0.15, 0.2) is 29.2 Å². The van der Waals surface area contributed by atoms with E-state index >= 15 is 0 Å². The summed E-state index contributed by atoms with van der Waals surface area (Å²) in [5, 5.41) is 0. The number of hydrogen-bond donors (Lipinski definition) is 0. The Kier molecular flexibility index (Phi) is 7.56. The van der Waals surface area contributed by atoms with Gasteiger partial charge in [0.2, 0.25) is 10.0 Å². The Morgan fingerprint density at radius 3 is 2.30 bits per heavy atom. The lowest BCUT2D eigenvalue weighted by Gasteiger charge is -2.34. The van der Waals surface area contributed by atoms with E-state index in [0.29, 0.717) is 62.7 Å². The fraction of sp³-hybridized carbons (Fsp3) is 0.609. The third-order valence-corrected chi connectivity index (χ3v) is 7.86. The number of amides is 1. The molecule has 2 atom stereocenters. The predicted octanol–water partition coefficient (Wildman–Crippen LogP) is 2.86. The summed E-state index contributed by atoms with van der Waals surface area (Å²) in [6.07, 6.45) is 8.01. The van der Waals surface area contributed by atoms with Gasteiger partial charge in [0.1, 0.15) is 6.61 Å². The van der Waals surface area contributed by atoms with Gasteiger partial charge >= 0.3 is 0 Å². The van der Waals surface area contributed by atoms with Crippen molar-refractivity contribution in [3.63, 3.8) is 0 Å². The van der Waals surface area contributed by atoms with E-state index in [0.717, 1.165) is 19.3 Å². The first kappa shape index (κ1) is 22.8. The molecule has 164 valence electrons. The summed E-state index contributed by atoms with van der Waals surface area (Å²) in [5.41, 5.74) is 0.524. The number of likely N-dealkylation sites (tertiary alicyclic amines) is 1. The predicted molar refractivity (Wildman–Crippen MR) is 116 cm³/mol. The highest BCUT2D eigenvalue weighted by molar-refractivity contribution is 7.89. The molecule has 7 heteroatoms. The third kappa shape index (κ3) is 5.42. The average Bonchev–Trinajstić information content (AvgIpc) is 2.73. The Morgan fingerprint density at radius 2 is 1.73 bits per heavy atom. The van der Waals surface area contributed by atoms with Gasteiger partial charge in [0.15, 0.2) is 0 Å². The zero-order valence-electron chi connectivity index (χ0n) is 17.9. The van der Waals surface area contributed by atoms with Crippen molar-refractivity contribution in [2.45, 2.75) is 38.0 Å². The van der Waals surface area contributed by atoms with Gasteiger partial charge in [-0.25, -0.2) is 8.42 Å². The number of terminal acetylenes is 1. The number of carbonyl (C=O) groups excluding carboxylic acids is 1. The topological polar surface area (TPSA) is 66.9 Å². The number of carbonyl (C=O) groups is 1. The number of rotatable bonds is 6. The fourth-order valence-electron chi connectivity index (χ4n) is 4.49. The van der Waals surface area contributed by atoms with Crippen molar-refractivity contribution in [3.8, 4) is 12.3 Å². The van der Waals surface area contributed by atoms with Crippen LogP contribution in [0, 0.1) is 30.1 Å². The van der Waals surface area contributed by atoms with E-state index in [1.165, 1.54) is 0 Å². The van der Waals surface area contributed by atoms with Crippen molar-refractivity contribution in [2.24, 2.45) is 17.8 Å². The van der Waals surface area contributed by atoms with Crippen LogP contribution in [0.3, 0.4) is 0 Å². The lowest BCUT2D eigenvalue weighted by atomic mass is 9.94. The number of sulfonamides is 1. The number of ether oxygens (including phenoxy) is 1. The summed E-state index contributed by atoms with van der Waals surface area (Å²) in [6.45, 7) is 7.57. The molecule has 2 aliphatic heterocycles. The van der Waals surface area contributed by atoms with Gasteiger partial charge in [-0.3, -0.25) is 4.79 Å². The molecule has 2 saturated heterocycles. The summed E-state index contributed by atoms with van der Waals surface area (Å²) in [4.78, 5) is 14.9. The molecule has 1 aromatic carbocycles. The minimum absolute atomic E-state index is 0.0536. The van der Waals surface area contributed by atoms with Crippen LogP contribution in [0.2, 0.25) is 0 Å². The molecule has 0 bridgehead atoms. The van der Waals surface area contributed by atoms with Gasteiger partial charge < -0.3 is 9.64 Å². The van der Waals surface area contributed by atoms with Crippen LogP contribution in [-0.2, 0) is 14.8 Å². The standard InChI is InChI=1S/C23H32N2O4S/c1-4-13-29-17-20-9-11-24(12-10-20)23(26)21-5-7-22(8-6-21)30(27,28)25-15-18(2)14-19(3)16-25/h1,5-8,18-20H,9-17H2,2-3H3. The first-order valence-electron chi connectivity index (χ1n) is 10.7. The minimum Gasteiger partial charge on any atom is -0.369 e. The number of benzene rings is 1. The molecule has 0 aromatic heterocycles. The van der Waals surface area contributed by atoms with E-state index < -0.39 is 10.0 Å². The van der Waals surface area contributed by atoms with Crippen LogP contribution in [-0.4, -0.2) is 62.9 Å². The highest BCUT2D eigenvalue weighted by atomic mass is 32.2. The van der Waals surface area contributed by atoms with E-state index in [9.17, 15) is 13.2 Å². The summed E-state index contributed by atoms with van der Waals surface area (Å²) in [7, 11) is -3.53. The first-order chi connectivity index (χ1) is 14.3. The molecule has 2 unspecified atom stereocenters. The Morgan fingerprint density at radius 1 is 1.13 bits per heavy atom. The second-order valence-corrected chi connectivity index (χ2v) is 10.7. The number of piperidine rings is 2. The lowest BCUT2D eigenvalue weighted by molar-refractivity contribution is 0.0582. The molecule has 0 spiro atoms. The van der Waals surface area contributed by atoms with Crippen molar-refractivity contribution in [1.29, 1.82) is 0 Å². The Balaban J connectivity index is 1.60. The molecule has 0 N–H and O–H groups in total. The van der Waals surface area contributed by atoms with E-state index in [4.69, 9.17) is 11.2 Å². The molecular formula is C23H32N2O4S. The van der Waals surface area contributed by atoms with Crippen molar-refractivity contribution in [3.05, 3.63) is 29.8 Å². The van der Waals surface area contributed by atoms with Gasteiger partial charge in [-0.05, 0) is 61.3 Å². The SMILES string of the molecule is C#CCOCC1CCN(C(=O)c2ccc(S(=O)(=O)N3CC(C)CC(C)C3)cc2)CC1. The molecule has 1 amide bonds. The van der Waals surface area contributed by atoms with Crippen molar-refractivity contribution in [2.75, 3.05) is 39.4 Å². The monoisotopic (exact) mass is 432 g/mol. The maximum absolute atomic E-state index is 13.0. The van der Waals surface area contributed by atoms with E-state index in [2.05, 4.69) is 19.8 Å². The van der Waals surface area contributed by atoms with Crippen LogP contribution in [0.25, 0.3) is 0 Å². The van der Waals surface area contributed by atoms with Crippen LogP contribution < -0.4 is 0 Å². The molecule has 2 aliphatic rings. The highest BCUT2D eigenvalue weighted by Crippen LogP contribution is 2.27. The molecule has 6 nitrogen and oxygen atoms in total. The third-order valence-electron chi connectivity index (χ3n) is 6.02. The van der Waals surface area contributed by atoms with E-state index in [1.807, 2.05) is 4.90 Å². The van der Waals surface area contributed by atoms with Gasteiger partial charge in [-0.2, -0.15) is 4.31 Å². The molecule has 3 rings (SSSR count). The second-order valence-electron chi connectivity index (χ2n) is 8.75. The Hall–Kier alpha value is -1.88. The van der Waals surface area contributed by atoms with Gasteiger partial charge in [0.05, 0.1) is 11.5 Å². The summed E-state index contributed by atoms with van der Waals surface area (Å²) in [6, 6.07) is 6.39. The first-order valence-corrected chi connectivity index (χ1v) is 12.2. The summed E-state index contributed by atoms with van der Waals surface area (Å²) in [5.74, 6) is 3.53. The molecule has 1 aromatic rings. The maximum Gasteiger partial charge on any atom is 0.253 e. The lowest BCUT2D eigenvalue weighted by Crippen LogP contribution is -2.42. The molecule has 30 heavy (non-hydrogen) atoms. The summed E-state index contributed by atoms with van der Waals surface area (Å²) < 4.78 is 33.0. The van der Waals surface area contributed by atoms with E-state index in [-0.39, 0.29) is 10.8 Å². The van der Waals surface area contributed by atoms with Crippen LogP contribution in [0.5, 0.6) is 0 Å². The van der Waals surface area contributed by atoms with Gasteiger partial charge in [-0.15, -0.1) is 6.42 Å². The van der Waals surface area contributed by atoms with Crippen molar-refractivity contribution in [1.82, 2.24) is 9.21 Å². The maximum atomic E-state index is 13.0. The van der Waals surface area contributed by atoms with Gasteiger partial charge in [0, 0.05) is 31.7 Å². The second kappa shape index (κ2) is 9.95. The smallest absolute Gasteiger partial charge is 0.253 e. The van der Waals surface area contributed by atoms with Crippen molar-refractivity contribution >= 4 is 15.9 Å². The zero-order chi connectivity index (χ0) is 21.7. The molecule has 2 fully saturated rings. The molecule has 2 heterocycles.